The van der Waals surface area contributed by atoms with E-state index in [0.717, 1.165) is 5.56 Å². The topological polar surface area (TPSA) is 106 Å². The summed E-state index contributed by atoms with van der Waals surface area (Å²) >= 11 is 0. The molecule has 0 aliphatic heterocycles. The molecule has 24 heavy (non-hydrogen) atoms. The van der Waals surface area contributed by atoms with Crippen molar-refractivity contribution in [3.05, 3.63) is 42.5 Å². The minimum atomic E-state index is -3.43. The van der Waals surface area contributed by atoms with Gasteiger partial charge in [-0.2, -0.15) is 5.10 Å². The lowest BCUT2D eigenvalue weighted by Crippen LogP contribution is -2.35. The van der Waals surface area contributed by atoms with Gasteiger partial charge in [-0.3, -0.25) is 9.48 Å². The summed E-state index contributed by atoms with van der Waals surface area (Å²) in [6.07, 6.45) is 3.93. The SMILES string of the molecule is CNS(=O)(=O)c1ccc(CCC(=O)N[C@H](C)Cn2cncn2)cc1. The van der Waals surface area contributed by atoms with E-state index in [1.807, 2.05) is 6.92 Å². The molecule has 8 nitrogen and oxygen atoms in total. The van der Waals surface area contributed by atoms with Crippen molar-refractivity contribution in [1.82, 2.24) is 24.8 Å². The second-order valence-electron chi connectivity index (χ2n) is 5.44. The van der Waals surface area contributed by atoms with E-state index in [-0.39, 0.29) is 16.8 Å². The summed E-state index contributed by atoms with van der Waals surface area (Å²) in [5, 5.41) is 6.89. The van der Waals surface area contributed by atoms with E-state index in [1.54, 1.807) is 23.1 Å². The highest BCUT2D eigenvalue weighted by molar-refractivity contribution is 7.89. The molecule has 1 amide bonds. The number of benzene rings is 1. The number of aryl methyl sites for hydroxylation is 1. The van der Waals surface area contributed by atoms with Crippen molar-refractivity contribution in [2.45, 2.75) is 37.2 Å². The van der Waals surface area contributed by atoms with Gasteiger partial charge in [0, 0.05) is 12.5 Å². The van der Waals surface area contributed by atoms with Crippen molar-refractivity contribution in [3.8, 4) is 0 Å². The molecule has 2 rings (SSSR count). The van der Waals surface area contributed by atoms with Gasteiger partial charge in [0.1, 0.15) is 12.7 Å². The lowest BCUT2D eigenvalue weighted by molar-refractivity contribution is -0.121. The second-order valence-corrected chi connectivity index (χ2v) is 7.32. The molecule has 0 bridgehead atoms. The van der Waals surface area contributed by atoms with Gasteiger partial charge in [0.15, 0.2) is 0 Å². The zero-order valence-electron chi connectivity index (χ0n) is 13.6. The molecule has 1 heterocycles. The third kappa shape index (κ3) is 5.14. The number of amides is 1. The van der Waals surface area contributed by atoms with Gasteiger partial charge < -0.3 is 5.32 Å². The van der Waals surface area contributed by atoms with Crippen LogP contribution in [0.4, 0.5) is 0 Å². The van der Waals surface area contributed by atoms with Gasteiger partial charge >= 0.3 is 0 Å². The molecule has 0 saturated carbocycles. The third-order valence-corrected chi connectivity index (χ3v) is 4.91. The van der Waals surface area contributed by atoms with E-state index in [0.29, 0.717) is 19.4 Å². The molecule has 0 aliphatic carbocycles. The standard InChI is InChI=1S/C15H21N5O3S/c1-12(9-20-11-17-10-18-20)19-15(21)8-5-13-3-6-14(7-4-13)24(22,23)16-2/h3-4,6-7,10-12,16H,5,8-9H2,1-2H3,(H,19,21)/t12-/m1/s1. The van der Waals surface area contributed by atoms with Crippen molar-refractivity contribution in [1.29, 1.82) is 0 Å². The number of hydrogen-bond donors (Lipinski definition) is 2. The van der Waals surface area contributed by atoms with Crippen LogP contribution < -0.4 is 10.0 Å². The van der Waals surface area contributed by atoms with Gasteiger partial charge in [-0.15, -0.1) is 0 Å². The summed E-state index contributed by atoms with van der Waals surface area (Å²) in [6, 6.07) is 6.45. The number of carbonyl (C=O) groups excluding carboxylic acids is 1. The molecule has 1 aromatic carbocycles. The van der Waals surface area contributed by atoms with E-state index in [1.165, 1.54) is 25.5 Å². The maximum atomic E-state index is 12.0. The number of carbonyl (C=O) groups is 1. The average molecular weight is 351 g/mol. The van der Waals surface area contributed by atoms with E-state index >= 15 is 0 Å². The monoisotopic (exact) mass is 351 g/mol. The molecule has 9 heteroatoms. The lowest BCUT2D eigenvalue weighted by Gasteiger charge is -2.13. The van der Waals surface area contributed by atoms with E-state index in [2.05, 4.69) is 20.1 Å². The zero-order valence-corrected chi connectivity index (χ0v) is 14.5. The Morgan fingerprint density at radius 1 is 1.29 bits per heavy atom. The fourth-order valence-electron chi connectivity index (χ4n) is 2.21. The molecule has 0 saturated heterocycles. The molecule has 1 atom stereocenters. The maximum absolute atomic E-state index is 12.0. The highest BCUT2D eigenvalue weighted by Crippen LogP contribution is 2.11. The molecule has 2 N–H and O–H groups in total. The first-order chi connectivity index (χ1) is 11.4. The second kappa shape index (κ2) is 8.02. The van der Waals surface area contributed by atoms with Crippen LogP contribution in [0, 0.1) is 0 Å². The van der Waals surface area contributed by atoms with Gasteiger partial charge in [0.05, 0.1) is 11.4 Å². The number of rotatable bonds is 8. The van der Waals surface area contributed by atoms with Crippen molar-refractivity contribution in [2.24, 2.45) is 0 Å². The van der Waals surface area contributed by atoms with Crippen LogP contribution in [-0.4, -0.2) is 42.2 Å². The number of nitrogens with one attached hydrogen (secondary N) is 2. The first kappa shape index (κ1) is 18.1. The van der Waals surface area contributed by atoms with Crippen LogP contribution in [0.15, 0.2) is 41.8 Å². The smallest absolute Gasteiger partial charge is 0.240 e. The Kier molecular flexibility index (Phi) is 6.04. The molecule has 0 unspecified atom stereocenters. The Hall–Kier alpha value is -2.26. The van der Waals surface area contributed by atoms with Crippen molar-refractivity contribution in [2.75, 3.05) is 7.05 Å². The Morgan fingerprint density at radius 2 is 2.00 bits per heavy atom. The molecule has 130 valence electrons. The maximum Gasteiger partial charge on any atom is 0.240 e. The molecule has 1 aromatic heterocycles. The molecular weight excluding hydrogens is 330 g/mol. The summed E-state index contributed by atoms with van der Waals surface area (Å²) in [5.41, 5.74) is 0.907. The molecular formula is C15H21N5O3S. The lowest BCUT2D eigenvalue weighted by atomic mass is 10.1. The van der Waals surface area contributed by atoms with Crippen LogP contribution in [0.1, 0.15) is 18.9 Å². The van der Waals surface area contributed by atoms with Crippen molar-refractivity contribution < 1.29 is 13.2 Å². The van der Waals surface area contributed by atoms with Crippen LogP contribution in [0.5, 0.6) is 0 Å². The fourth-order valence-corrected chi connectivity index (χ4v) is 2.94. The van der Waals surface area contributed by atoms with E-state index in [4.69, 9.17) is 0 Å². The average Bonchev–Trinajstić information content (AvgIpc) is 3.06. The minimum absolute atomic E-state index is 0.0534. The summed E-state index contributed by atoms with van der Waals surface area (Å²) in [4.78, 5) is 16.0. The predicted molar refractivity (Wildman–Crippen MR) is 88.6 cm³/mol. The van der Waals surface area contributed by atoms with E-state index in [9.17, 15) is 13.2 Å². The summed E-state index contributed by atoms with van der Waals surface area (Å²) < 4.78 is 27.2. The minimum Gasteiger partial charge on any atom is -0.352 e. The highest BCUT2D eigenvalue weighted by Gasteiger charge is 2.11. The largest absolute Gasteiger partial charge is 0.352 e. The molecule has 0 spiro atoms. The molecule has 2 aromatic rings. The quantitative estimate of drug-likeness (QED) is 0.713. The third-order valence-electron chi connectivity index (χ3n) is 3.48. The molecule has 0 fully saturated rings. The number of sulfonamides is 1. The Bertz CT molecular complexity index is 757. The Balaban J connectivity index is 1.81. The molecule has 0 radical (unpaired) electrons. The summed E-state index contributed by atoms with van der Waals surface area (Å²) in [7, 11) is -2.06. The number of nitrogens with zero attached hydrogens (tertiary/aromatic N) is 3. The van der Waals surface area contributed by atoms with Gasteiger partial charge in [-0.05, 0) is 38.1 Å². The summed E-state index contributed by atoms with van der Waals surface area (Å²) in [5.74, 6) is -0.0606. The number of aromatic nitrogens is 3. The van der Waals surface area contributed by atoms with Crippen LogP contribution >= 0.6 is 0 Å². The number of hydrogen-bond acceptors (Lipinski definition) is 5. The van der Waals surface area contributed by atoms with Gasteiger partial charge in [0.2, 0.25) is 15.9 Å². The Morgan fingerprint density at radius 3 is 2.58 bits per heavy atom. The fraction of sp³-hybridized carbons (Fsp3) is 0.400. The van der Waals surface area contributed by atoms with E-state index < -0.39 is 10.0 Å². The van der Waals surface area contributed by atoms with Crippen LogP contribution in [-0.2, 0) is 27.8 Å². The first-order valence-electron chi connectivity index (χ1n) is 7.55. The van der Waals surface area contributed by atoms with Gasteiger partial charge in [-0.1, -0.05) is 12.1 Å². The van der Waals surface area contributed by atoms with Crippen molar-refractivity contribution in [3.63, 3.8) is 0 Å². The first-order valence-corrected chi connectivity index (χ1v) is 9.03. The normalized spacial score (nSPS) is 12.8. The van der Waals surface area contributed by atoms with Crippen molar-refractivity contribution >= 4 is 15.9 Å². The zero-order chi connectivity index (χ0) is 17.6. The summed E-state index contributed by atoms with van der Waals surface area (Å²) in [6.45, 7) is 2.46. The van der Waals surface area contributed by atoms with Crippen LogP contribution in [0.2, 0.25) is 0 Å². The van der Waals surface area contributed by atoms with Crippen LogP contribution in [0.25, 0.3) is 0 Å². The Labute approximate surface area is 141 Å². The van der Waals surface area contributed by atoms with Gasteiger partial charge in [0.25, 0.3) is 0 Å². The predicted octanol–water partition coefficient (Wildman–Crippen LogP) is 0.324. The van der Waals surface area contributed by atoms with Gasteiger partial charge in [-0.25, -0.2) is 18.1 Å². The molecule has 0 aliphatic rings. The van der Waals surface area contributed by atoms with Crippen LogP contribution in [0.3, 0.4) is 0 Å². The highest BCUT2D eigenvalue weighted by atomic mass is 32.2.